The van der Waals surface area contributed by atoms with Crippen molar-refractivity contribution in [3.8, 4) is 0 Å². The molecule has 3 nitrogen and oxygen atoms in total. The van der Waals surface area contributed by atoms with E-state index in [9.17, 15) is 0 Å². The van der Waals surface area contributed by atoms with Gasteiger partial charge in [0.05, 0.1) is 0 Å². The summed E-state index contributed by atoms with van der Waals surface area (Å²) < 4.78 is 1.10. The molecule has 0 saturated carbocycles. The molecule has 2 unspecified atom stereocenters. The van der Waals surface area contributed by atoms with Gasteiger partial charge in [-0.1, -0.05) is 28.1 Å². The van der Waals surface area contributed by atoms with Crippen molar-refractivity contribution in [3.63, 3.8) is 0 Å². The lowest BCUT2D eigenvalue weighted by Crippen LogP contribution is -2.45. The average molecular weight is 340 g/mol. The van der Waals surface area contributed by atoms with Crippen molar-refractivity contribution < 1.29 is 0 Å². The first kappa shape index (κ1) is 16.0. The minimum Gasteiger partial charge on any atom is -0.324 e. The monoisotopic (exact) mass is 339 g/mol. The molecule has 1 aromatic rings. The Hall–Kier alpha value is -0.420. The van der Waals surface area contributed by atoms with E-state index >= 15 is 0 Å². The number of benzene rings is 1. The minimum atomic E-state index is 0.122. The Kier molecular flexibility index (Phi) is 6.02. The van der Waals surface area contributed by atoms with Crippen LogP contribution in [0.1, 0.15) is 30.9 Å². The first-order valence-corrected chi connectivity index (χ1v) is 8.25. The second-order valence-corrected chi connectivity index (χ2v) is 6.90. The summed E-state index contributed by atoms with van der Waals surface area (Å²) >= 11 is 3.51. The van der Waals surface area contributed by atoms with Crippen molar-refractivity contribution >= 4 is 15.9 Å². The van der Waals surface area contributed by atoms with E-state index in [4.69, 9.17) is 5.73 Å². The van der Waals surface area contributed by atoms with Crippen LogP contribution in [0, 0.1) is 0 Å². The number of hydrogen-bond acceptors (Lipinski definition) is 3. The zero-order valence-corrected chi connectivity index (χ0v) is 14.1. The first-order valence-electron chi connectivity index (χ1n) is 7.46. The Bertz CT molecular complexity index is 424. The molecule has 0 aliphatic carbocycles. The van der Waals surface area contributed by atoms with E-state index in [2.05, 4.69) is 58.0 Å². The van der Waals surface area contributed by atoms with Crippen LogP contribution in [0.25, 0.3) is 0 Å². The molecule has 1 aliphatic heterocycles. The second kappa shape index (κ2) is 7.55. The summed E-state index contributed by atoms with van der Waals surface area (Å²) in [5, 5.41) is 0. The zero-order valence-electron chi connectivity index (χ0n) is 12.6. The van der Waals surface area contributed by atoms with Gasteiger partial charge in [-0.3, -0.25) is 0 Å². The van der Waals surface area contributed by atoms with Gasteiger partial charge >= 0.3 is 0 Å². The number of piperidine rings is 1. The normalized spacial score (nSPS) is 22.1. The van der Waals surface area contributed by atoms with Crippen LogP contribution in [-0.2, 0) is 0 Å². The largest absolute Gasteiger partial charge is 0.324 e. The maximum Gasteiger partial charge on any atom is 0.0307 e. The summed E-state index contributed by atoms with van der Waals surface area (Å²) in [5.74, 6) is 0. The molecule has 2 N–H and O–H groups in total. The Labute approximate surface area is 131 Å². The van der Waals surface area contributed by atoms with Crippen LogP contribution in [0.15, 0.2) is 28.7 Å². The number of nitrogens with zero attached hydrogens (tertiary/aromatic N) is 2. The molecule has 2 rings (SSSR count). The van der Waals surface area contributed by atoms with Gasteiger partial charge in [0.1, 0.15) is 0 Å². The molecule has 4 heteroatoms. The van der Waals surface area contributed by atoms with Gasteiger partial charge in [-0.15, -0.1) is 0 Å². The van der Waals surface area contributed by atoms with Gasteiger partial charge in [-0.2, -0.15) is 0 Å². The van der Waals surface area contributed by atoms with Gasteiger partial charge in [0.25, 0.3) is 0 Å². The SMILES string of the molecule is CN1CCCC(N(C)CCC(N)c2cccc(Br)c2)C1. The molecule has 1 aromatic carbocycles. The van der Waals surface area contributed by atoms with Gasteiger partial charge in [-0.25, -0.2) is 0 Å². The van der Waals surface area contributed by atoms with Crippen molar-refractivity contribution in [1.82, 2.24) is 9.80 Å². The van der Waals surface area contributed by atoms with Gasteiger partial charge in [0, 0.05) is 23.1 Å². The molecule has 0 spiro atoms. The van der Waals surface area contributed by atoms with Gasteiger partial charge < -0.3 is 15.5 Å². The Morgan fingerprint density at radius 2 is 2.30 bits per heavy atom. The maximum atomic E-state index is 6.31. The van der Waals surface area contributed by atoms with E-state index in [0.717, 1.165) is 17.4 Å². The van der Waals surface area contributed by atoms with Crippen LogP contribution in [0.2, 0.25) is 0 Å². The van der Waals surface area contributed by atoms with E-state index in [-0.39, 0.29) is 6.04 Å². The van der Waals surface area contributed by atoms with E-state index in [0.29, 0.717) is 6.04 Å². The molecule has 0 bridgehead atoms. The van der Waals surface area contributed by atoms with Crippen LogP contribution < -0.4 is 5.73 Å². The number of likely N-dealkylation sites (tertiary alicyclic amines) is 1. The van der Waals surface area contributed by atoms with E-state index in [1.165, 1.54) is 31.5 Å². The van der Waals surface area contributed by atoms with Crippen LogP contribution in [0.4, 0.5) is 0 Å². The lowest BCUT2D eigenvalue weighted by molar-refractivity contribution is 0.132. The third-order valence-corrected chi connectivity index (χ3v) is 4.79. The summed E-state index contributed by atoms with van der Waals surface area (Å²) in [4.78, 5) is 4.91. The molecule has 0 aromatic heterocycles. The molecule has 0 amide bonds. The number of rotatable bonds is 5. The Morgan fingerprint density at radius 1 is 1.50 bits per heavy atom. The molecule has 2 atom stereocenters. The molecule has 0 radical (unpaired) electrons. The number of hydrogen-bond donors (Lipinski definition) is 1. The molecular weight excluding hydrogens is 314 g/mol. The molecule has 1 fully saturated rings. The molecule has 1 aliphatic rings. The van der Waals surface area contributed by atoms with Crippen molar-refractivity contribution in [2.75, 3.05) is 33.7 Å². The van der Waals surface area contributed by atoms with Crippen molar-refractivity contribution in [1.29, 1.82) is 0 Å². The van der Waals surface area contributed by atoms with Crippen molar-refractivity contribution in [3.05, 3.63) is 34.3 Å². The van der Waals surface area contributed by atoms with Crippen molar-refractivity contribution in [2.24, 2.45) is 5.73 Å². The maximum absolute atomic E-state index is 6.31. The quantitative estimate of drug-likeness (QED) is 0.895. The standard InChI is InChI=1S/C16H26BrN3/c1-19-9-4-7-15(12-19)20(2)10-8-16(18)13-5-3-6-14(17)11-13/h3,5-6,11,15-16H,4,7-10,12,18H2,1-2H3. The zero-order chi connectivity index (χ0) is 14.5. The Balaban J connectivity index is 1.82. The van der Waals surface area contributed by atoms with Crippen LogP contribution >= 0.6 is 15.9 Å². The van der Waals surface area contributed by atoms with Crippen LogP contribution in [-0.4, -0.2) is 49.6 Å². The highest BCUT2D eigenvalue weighted by molar-refractivity contribution is 9.10. The number of likely N-dealkylation sites (N-methyl/N-ethyl adjacent to an activating group) is 2. The summed E-state index contributed by atoms with van der Waals surface area (Å²) in [7, 11) is 4.45. The topological polar surface area (TPSA) is 32.5 Å². The third-order valence-electron chi connectivity index (χ3n) is 4.29. The fourth-order valence-electron chi connectivity index (χ4n) is 2.93. The van der Waals surface area contributed by atoms with Gasteiger partial charge in [-0.05, 0) is 64.1 Å². The predicted molar refractivity (Wildman–Crippen MR) is 88.8 cm³/mol. The fraction of sp³-hybridized carbons (Fsp3) is 0.625. The van der Waals surface area contributed by atoms with E-state index < -0.39 is 0 Å². The molecule has 1 heterocycles. The molecular formula is C16H26BrN3. The second-order valence-electron chi connectivity index (χ2n) is 5.99. The lowest BCUT2D eigenvalue weighted by atomic mass is 10.0. The molecule has 1 saturated heterocycles. The fourth-order valence-corrected chi connectivity index (χ4v) is 3.35. The highest BCUT2D eigenvalue weighted by Crippen LogP contribution is 2.20. The molecule has 112 valence electrons. The lowest BCUT2D eigenvalue weighted by Gasteiger charge is -2.36. The van der Waals surface area contributed by atoms with E-state index in [1.807, 2.05) is 6.07 Å². The highest BCUT2D eigenvalue weighted by atomic mass is 79.9. The summed E-state index contributed by atoms with van der Waals surface area (Å²) in [6, 6.07) is 9.14. The van der Waals surface area contributed by atoms with Crippen LogP contribution in [0.3, 0.4) is 0 Å². The van der Waals surface area contributed by atoms with E-state index in [1.54, 1.807) is 0 Å². The van der Waals surface area contributed by atoms with Gasteiger partial charge in [0.2, 0.25) is 0 Å². The van der Waals surface area contributed by atoms with Crippen LogP contribution in [0.5, 0.6) is 0 Å². The average Bonchev–Trinajstić information content (AvgIpc) is 2.44. The minimum absolute atomic E-state index is 0.122. The summed E-state index contributed by atoms with van der Waals surface area (Å²) in [6.07, 6.45) is 3.63. The first-order chi connectivity index (χ1) is 9.56. The highest BCUT2D eigenvalue weighted by Gasteiger charge is 2.21. The predicted octanol–water partition coefficient (Wildman–Crippen LogP) is 2.87. The summed E-state index contributed by atoms with van der Waals surface area (Å²) in [5.41, 5.74) is 7.53. The van der Waals surface area contributed by atoms with Gasteiger partial charge in [0.15, 0.2) is 0 Å². The van der Waals surface area contributed by atoms with Crippen molar-refractivity contribution in [2.45, 2.75) is 31.3 Å². The summed E-state index contributed by atoms with van der Waals surface area (Å²) in [6.45, 7) is 3.48. The number of nitrogens with two attached hydrogens (primary N) is 1. The number of halogens is 1. The third kappa shape index (κ3) is 4.55. The smallest absolute Gasteiger partial charge is 0.0307 e. The molecule has 20 heavy (non-hydrogen) atoms. The Morgan fingerprint density at radius 3 is 3.00 bits per heavy atom.